The molecule has 4 nitrogen and oxygen atoms in total. The van der Waals surface area contributed by atoms with Crippen LogP contribution in [-0.2, 0) is 9.53 Å². The lowest BCUT2D eigenvalue weighted by molar-refractivity contribution is -0.155. The third-order valence-corrected chi connectivity index (χ3v) is 3.14. The maximum atomic E-state index is 11.8. The Morgan fingerprint density at radius 3 is 2.31 bits per heavy atom. The summed E-state index contributed by atoms with van der Waals surface area (Å²) in [6.07, 6.45) is 1.88. The van der Waals surface area contributed by atoms with Gasteiger partial charge in [-0.3, -0.25) is 4.79 Å². The van der Waals surface area contributed by atoms with Crippen LogP contribution < -0.4 is 5.73 Å². The van der Waals surface area contributed by atoms with E-state index < -0.39 is 6.04 Å². The zero-order valence-electron chi connectivity index (χ0n) is 10.8. The molecule has 1 unspecified atom stereocenters. The Hall–Kier alpha value is -0.610. The van der Waals surface area contributed by atoms with Crippen molar-refractivity contribution < 1.29 is 9.53 Å². The van der Waals surface area contributed by atoms with Crippen molar-refractivity contribution in [2.24, 2.45) is 11.1 Å². The van der Waals surface area contributed by atoms with Gasteiger partial charge in [0.05, 0.1) is 0 Å². The van der Waals surface area contributed by atoms with E-state index in [9.17, 15) is 4.79 Å². The molecule has 0 saturated carbocycles. The molecule has 1 rings (SSSR count). The fraction of sp³-hybridized carbons (Fsp3) is 0.917. The van der Waals surface area contributed by atoms with Crippen LogP contribution in [0.2, 0.25) is 0 Å². The minimum absolute atomic E-state index is 0.0529. The highest BCUT2D eigenvalue weighted by Crippen LogP contribution is 2.20. The number of rotatable bonds is 2. The van der Waals surface area contributed by atoms with E-state index in [0.29, 0.717) is 0 Å². The molecule has 0 aromatic rings. The molecular weight excluding hydrogens is 204 g/mol. The number of nitrogens with zero attached hydrogens (tertiary/aromatic N) is 1. The number of esters is 1. The molecule has 0 aliphatic carbocycles. The van der Waals surface area contributed by atoms with Crippen molar-refractivity contribution in [3.63, 3.8) is 0 Å². The van der Waals surface area contributed by atoms with Gasteiger partial charge in [0.2, 0.25) is 0 Å². The molecule has 0 spiro atoms. The van der Waals surface area contributed by atoms with Gasteiger partial charge in [-0.1, -0.05) is 20.8 Å². The Labute approximate surface area is 98.1 Å². The predicted octanol–water partition coefficient (Wildman–Crippen LogP) is 0.997. The third-order valence-electron chi connectivity index (χ3n) is 3.14. The molecule has 0 radical (unpaired) electrons. The minimum Gasteiger partial charge on any atom is -0.461 e. The second kappa shape index (κ2) is 5.15. The summed E-state index contributed by atoms with van der Waals surface area (Å²) >= 11 is 0. The van der Waals surface area contributed by atoms with E-state index in [4.69, 9.17) is 10.5 Å². The van der Waals surface area contributed by atoms with Crippen LogP contribution in [-0.4, -0.2) is 43.2 Å². The van der Waals surface area contributed by atoms with Gasteiger partial charge >= 0.3 is 5.97 Å². The standard InChI is InChI=1S/C12H24N2O2/c1-12(2,3)10(13)11(15)16-9-5-7-14(4)8-6-9/h9-10H,5-8,13H2,1-4H3. The number of ether oxygens (including phenoxy) is 1. The molecule has 0 amide bonds. The van der Waals surface area contributed by atoms with Gasteiger partial charge in [-0.05, 0) is 25.3 Å². The zero-order valence-corrected chi connectivity index (χ0v) is 10.8. The highest BCUT2D eigenvalue weighted by Gasteiger charge is 2.31. The Bertz CT molecular complexity index is 240. The molecule has 1 fully saturated rings. The van der Waals surface area contributed by atoms with Gasteiger partial charge in [-0.25, -0.2) is 0 Å². The molecule has 1 atom stereocenters. The van der Waals surface area contributed by atoms with Crippen molar-refractivity contribution in [2.75, 3.05) is 20.1 Å². The normalized spacial score (nSPS) is 21.8. The lowest BCUT2D eigenvalue weighted by Crippen LogP contribution is -2.46. The lowest BCUT2D eigenvalue weighted by atomic mass is 9.87. The molecule has 1 saturated heterocycles. The second-order valence-corrected chi connectivity index (χ2v) is 5.78. The van der Waals surface area contributed by atoms with Crippen LogP contribution in [0.15, 0.2) is 0 Å². The van der Waals surface area contributed by atoms with Gasteiger partial charge in [0, 0.05) is 13.1 Å². The smallest absolute Gasteiger partial charge is 0.323 e. The molecule has 2 N–H and O–H groups in total. The fourth-order valence-electron chi connectivity index (χ4n) is 1.69. The highest BCUT2D eigenvalue weighted by molar-refractivity contribution is 5.76. The van der Waals surface area contributed by atoms with Gasteiger partial charge in [-0.15, -0.1) is 0 Å². The minimum atomic E-state index is -0.535. The lowest BCUT2D eigenvalue weighted by Gasteiger charge is -2.31. The number of carbonyl (C=O) groups is 1. The van der Waals surface area contributed by atoms with Crippen LogP contribution in [0, 0.1) is 5.41 Å². The van der Waals surface area contributed by atoms with Crippen molar-refractivity contribution in [3.8, 4) is 0 Å². The van der Waals surface area contributed by atoms with Gasteiger partial charge < -0.3 is 15.4 Å². The first-order valence-electron chi connectivity index (χ1n) is 5.95. The van der Waals surface area contributed by atoms with E-state index in [1.54, 1.807) is 0 Å². The number of hydrogen-bond acceptors (Lipinski definition) is 4. The summed E-state index contributed by atoms with van der Waals surface area (Å²) in [6, 6.07) is -0.535. The van der Waals surface area contributed by atoms with Crippen molar-refractivity contribution >= 4 is 5.97 Å². The van der Waals surface area contributed by atoms with E-state index in [1.807, 2.05) is 20.8 Å². The Morgan fingerprint density at radius 1 is 1.38 bits per heavy atom. The summed E-state index contributed by atoms with van der Waals surface area (Å²) in [5.41, 5.74) is 5.62. The van der Waals surface area contributed by atoms with Crippen LogP contribution in [0.5, 0.6) is 0 Å². The van der Waals surface area contributed by atoms with Crippen LogP contribution in [0.25, 0.3) is 0 Å². The first kappa shape index (κ1) is 13.5. The number of carbonyl (C=O) groups excluding carboxylic acids is 1. The van der Waals surface area contributed by atoms with Crippen molar-refractivity contribution in [2.45, 2.75) is 45.8 Å². The van der Waals surface area contributed by atoms with Crippen molar-refractivity contribution in [1.29, 1.82) is 0 Å². The number of likely N-dealkylation sites (tertiary alicyclic amines) is 1. The van der Waals surface area contributed by atoms with E-state index in [2.05, 4.69) is 11.9 Å². The Kier molecular flexibility index (Phi) is 4.33. The first-order chi connectivity index (χ1) is 7.30. The molecule has 0 aromatic carbocycles. The van der Waals surface area contributed by atoms with E-state index >= 15 is 0 Å². The molecule has 16 heavy (non-hydrogen) atoms. The summed E-state index contributed by atoms with van der Waals surface area (Å²) in [4.78, 5) is 14.0. The third kappa shape index (κ3) is 3.76. The quantitative estimate of drug-likeness (QED) is 0.716. The average molecular weight is 228 g/mol. The summed E-state index contributed by atoms with van der Waals surface area (Å²) in [5.74, 6) is -0.262. The van der Waals surface area contributed by atoms with Crippen molar-refractivity contribution in [1.82, 2.24) is 4.90 Å². The molecule has 0 aromatic heterocycles. The Balaban J connectivity index is 2.40. The topological polar surface area (TPSA) is 55.6 Å². The number of hydrogen-bond donors (Lipinski definition) is 1. The van der Waals surface area contributed by atoms with Crippen LogP contribution in [0.3, 0.4) is 0 Å². The van der Waals surface area contributed by atoms with Gasteiger partial charge in [-0.2, -0.15) is 0 Å². The zero-order chi connectivity index (χ0) is 12.3. The molecule has 1 heterocycles. The average Bonchev–Trinajstić information content (AvgIpc) is 2.19. The molecule has 4 heteroatoms. The van der Waals surface area contributed by atoms with Crippen LogP contribution in [0.1, 0.15) is 33.6 Å². The maximum absolute atomic E-state index is 11.8. The van der Waals surface area contributed by atoms with E-state index in [-0.39, 0.29) is 17.5 Å². The molecule has 1 aliphatic heterocycles. The molecule has 94 valence electrons. The van der Waals surface area contributed by atoms with E-state index in [1.165, 1.54) is 0 Å². The highest BCUT2D eigenvalue weighted by atomic mass is 16.5. The van der Waals surface area contributed by atoms with Crippen molar-refractivity contribution in [3.05, 3.63) is 0 Å². The first-order valence-corrected chi connectivity index (χ1v) is 5.95. The summed E-state index contributed by atoms with van der Waals surface area (Å²) in [6.45, 7) is 7.83. The van der Waals surface area contributed by atoms with Gasteiger partial charge in [0.15, 0.2) is 0 Å². The summed E-state index contributed by atoms with van der Waals surface area (Å²) < 4.78 is 5.44. The summed E-state index contributed by atoms with van der Waals surface area (Å²) in [5, 5.41) is 0. The predicted molar refractivity (Wildman–Crippen MR) is 64.0 cm³/mol. The van der Waals surface area contributed by atoms with Crippen LogP contribution >= 0.6 is 0 Å². The van der Waals surface area contributed by atoms with Gasteiger partial charge in [0.1, 0.15) is 12.1 Å². The second-order valence-electron chi connectivity index (χ2n) is 5.78. The van der Waals surface area contributed by atoms with Gasteiger partial charge in [0.25, 0.3) is 0 Å². The monoisotopic (exact) mass is 228 g/mol. The number of piperidine rings is 1. The van der Waals surface area contributed by atoms with E-state index in [0.717, 1.165) is 25.9 Å². The Morgan fingerprint density at radius 2 is 1.88 bits per heavy atom. The molecular formula is C12H24N2O2. The summed E-state index contributed by atoms with van der Waals surface area (Å²) in [7, 11) is 2.08. The maximum Gasteiger partial charge on any atom is 0.323 e. The van der Waals surface area contributed by atoms with Crippen LogP contribution in [0.4, 0.5) is 0 Å². The molecule has 0 bridgehead atoms. The molecule has 1 aliphatic rings. The largest absolute Gasteiger partial charge is 0.461 e. The SMILES string of the molecule is CN1CCC(OC(=O)C(N)C(C)(C)C)CC1. The fourth-order valence-corrected chi connectivity index (χ4v) is 1.69. The number of nitrogens with two attached hydrogens (primary N) is 1.